The lowest BCUT2D eigenvalue weighted by atomic mass is 9.76. The molecule has 0 radical (unpaired) electrons. The normalized spacial score (nSPS) is 37.9. The summed E-state index contributed by atoms with van der Waals surface area (Å²) >= 11 is 0. The molecule has 0 aliphatic heterocycles. The molecule has 4 atom stereocenters. The van der Waals surface area contributed by atoms with Crippen molar-refractivity contribution in [1.29, 1.82) is 0 Å². The molecule has 2 aliphatic rings. The highest BCUT2D eigenvalue weighted by Gasteiger charge is 2.30. The Labute approximate surface area is 119 Å². The Morgan fingerprint density at radius 2 is 1.58 bits per heavy atom. The summed E-state index contributed by atoms with van der Waals surface area (Å²) in [6.07, 6.45) is 11.2. The maximum atomic E-state index is 10.1. The first kappa shape index (κ1) is 15.3. The highest BCUT2D eigenvalue weighted by atomic mass is 16.3. The SMILES string of the molecule is CC(C)(C)C1CCCC(NC2CCCCC2O)CC1. The third-order valence-corrected chi connectivity index (χ3v) is 5.37. The molecule has 112 valence electrons. The second kappa shape index (κ2) is 6.58. The van der Waals surface area contributed by atoms with Crippen molar-refractivity contribution in [2.24, 2.45) is 11.3 Å². The molecule has 2 fully saturated rings. The minimum absolute atomic E-state index is 0.101. The Hall–Kier alpha value is -0.0800. The first-order valence-corrected chi connectivity index (χ1v) is 8.41. The van der Waals surface area contributed by atoms with Gasteiger partial charge in [-0.15, -0.1) is 0 Å². The standard InChI is InChI=1S/C17H33NO/c1-17(2,3)13-7-6-8-14(12-11-13)18-15-9-4-5-10-16(15)19/h13-16,18-19H,4-12H2,1-3H3. The monoisotopic (exact) mass is 267 g/mol. The predicted molar refractivity (Wildman–Crippen MR) is 81.2 cm³/mol. The van der Waals surface area contributed by atoms with Crippen LogP contribution >= 0.6 is 0 Å². The molecule has 0 spiro atoms. The van der Waals surface area contributed by atoms with Crippen LogP contribution in [0.3, 0.4) is 0 Å². The van der Waals surface area contributed by atoms with Crippen molar-refractivity contribution >= 4 is 0 Å². The highest BCUT2D eigenvalue weighted by Crippen LogP contribution is 2.37. The molecule has 2 aliphatic carbocycles. The molecule has 0 aromatic heterocycles. The van der Waals surface area contributed by atoms with Crippen LogP contribution in [0.5, 0.6) is 0 Å². The fraction of sp³-hybridized carbons (Fsp3) is 1.00. The number of hydrogen-bond acceptors (Lipinski definition) is 2. The molecule has 2 nitrogen and oxygen atoms in total. The molecule has 2 heteroatoms. The summed E-state index contributed by atoms with van der Waals surface area (Å²) in [6.45, 7) is 7.16. The number of hydrogen-bond donors (Lipinski definition) is 2. The van der Waals surface area contributed by atoms with E-state index in [9.17, 15) is 5.11 Å². The summed E-state index contributed by atoms with van der Waals surface area (Å²) in [5.41, 5.74) is 0.458. The van der Waals surface area contributed by atoms with Crippen molar-refractivity contribution in [3.8, 4) is 0 Å². The summed E-state index contributed by atoms with van der Waals surface area (Å²) < 4.78 is 0. The van der Waals surface area contributed by atoms with Gasteiger partial charge in [0.05, 0.1) is 6.10 Å². The van der Waals surface area contributed by atoms with Gasteiger partial charge in [0.2, 0.25) is 0 Å². The molecular formula is C17H33NO. The lowest BCUT2D eigenvalue weighted by molar-refractivity contribution is 0.0832. The second-order valence-corrected chi connectivity index (χ2v) is 7.89. The fourth-order valence-electron chi connectivity index (χ4n) is 3.94. The van der Waals surface area contributed by atoms with Gasteiger partial charge in [0.1, 0.15) is 0 Å². The van der Waals surface area contributed by atoms with Gasteiger partial charge in [0.25, 0.3) is 0 Å². The quantitative estimate of drug-likeness (QED) is 0.744. The number of aliphatic hydroxyl groups is 1. The van der Waals surface area contributed by atoms with Crippen molar-refractivity contribution < 1.29 is 5.11 Å². The van der Waals surface area contributed by atoms with Crippen LogP contribution < -0.4 is 5.32 Å². The van der Waals surface area contributed by atoms with Crippen molar-refractivity contribution in [2.75, 3.05) is 0 Å². The topological polar surface area (TPSA) is 32.3 Å². The van der Waals surface area contributed by atoms with Crippen LogP contribution in [0.4, 0.5) is 0 Å². The first-order chi connectivity index (χ1) is 8.97. The van der Waals surface area contributed by atoms with Crippen LogP contribution in [0.1, 0.15) is 78.6 Å². The Bertz CT molecular complexity index is 271. The van der Waals surface area contributed by atoms with E-state index in [1.165, 1.54) is 51.4 Å². The summed E-state index contributed by atoms with van der Waals surface area (Å²) in [7, 11) is 0. The summed E-state index contributed by atoms with van der Waals surface area (Å²) in [5.74, 6) is 0.871. The number of aliphatic hydroxyl groups excluding tert-OH is 1. The van der Waals surface area contributed by atoms with Crippen LogP contribution in [0.2, 0.25) is 0 Å². The van der Waals surface area contributed by atoms with Crippen molar-refractivity contribution in [3.05, 3.63) is 0 Å². The third kappa shape index (κ3) is 4.46. The molecule has 19 heavy (non-hydrogen) atoms. The van der Waals surface area contributed by atoms with Crippen molar-refractivity contribution in [1.82, 2.24) is 5.32 Å². The predicted octanol–water partition coefficient (Wildman–Crippen LogP) is 3.87. The van der Waals surface area contributed by atoms with Gasteiger partial charge in [0, 0.05) is 12.1 Å². The maximum absolute atomic E-state index is 10.1. The lowest BCUT2D eigenvalue weighted by Gasteiger charge is -2.32. The molecule has 4 unspecified atom stereocenters. The van der Waals surface area contributed by atoms with Gasteiger partial charge in [-0.1, -0.05) is 40.0 Å². The van der Waals surface area contributed by atoms with E-state index in [0.29, 0.717) is 17.5 Å². The van der Waals surface area contributed by atoms with Crippen LogP contribution in [0.25, 0.3) is 0 Å². The summed E-state index contributed by atoms with van der Waals surface area (Å²) in [5, 5.41) is 13.9. The van der Waals surface area contributed by atoms with Gasteiger partial charge in [0.15, 0.2) is 0 Å². The van der Waals surface area contributed by atoms with Gasteiger partial charge in [-0.25, -0.2) is 0 Å². The Balaban J connectivity index is 1.82. The smallest absolute Gasteiger partial charge is 0.0693 e. The van der Waals surface area contributed by atoms with Gasteiger partial charge >= 0.3 is 0 Å². The van der Waals surface area contributed by atoms with Gasteiger partial charge in [-0.2, -0.15) is 0 Å². The molecule has 2 saturated carbocycles. The van der Waals surface area contributed by atoms with E-state index >= 15 is 0 Å². The van der Waals surface area contributed by atoms with Crippen molar-refractivity contribution in [2.45, 2.75) is 96.7 Å². The maximum Gasteiger partial charge on any atom is 0.0693 e. The molecule has 0 amide bonds. The highest BCUT2D eigenvalue weighted by molar-refractivity contribution is 4.86. The van der Waals surface area contributed by atoms with Crippen LogP contribution in [-0.2, 0) is 0 Å². The lowest BCUT2D eigenvalue weighted by Crippen LogP contribution is -2.46. The zero-order valence-electron chi connectivity index (χ0n) is 13.1. The minimum atomic E-state index is -0.101. The largest absolute Gasteiger partial charge is 0.392 e. The molecular weight excluding hydrogens is 234 g/mol. The minimum Gasteiger partial charge on any atom is -0.392 e. The van der Waals surface area contributed by atoms with E-state index in [0.717, 1.165) is 12.3 Å². The van der Waals surface area contributed by atoms with Crippen LogP contribution in [0.15, 0.2) is 0 Å². The molecule has 0 aromatic carbocycles. The third-order valence-electron chi connectivity index (χ3n) is 5.37. The van der Waals surface area contributed by atoms with E-state index in [2.05, 4.69) is 26.1 Å². The second-order valence-electron chi connectivity index (χ2n) is 7.89. The summed E-state index contributed by atoms with van der Waals surface area (Å²) in [6, 6.07) is 1.01. The van der Waals surface area contributed by atoms with Crippen LogP contribution in [-0.4, -0.2) is 23.3 Å². The average molecular weight is 267 g/mol. The van der Waals surface area contributed by atoms with E-state index < -0.39 is 0 Å². The Morgan fingerprint density at radius 1 is 0.842 bits per heavy atom. The zero-order valence-corrected chi connectivity index (χ0v) is 13.1. The Morgan fingerprint density at radius 3 is 2.26 bits per heavy atom. The number of rotatable bonds is 2. The van der Waals surface area contributed by atoms with E-state index in [1.807, 2.05) is 0 Å². The molecule has 0 heterocycles. The average Bonchev–Trinajstić information content (AvgIpc) is 2.57. The van der Waals surface area contributed by atoms with E-state index in [-0.39, 0.29) is 6.10 Å². The zero-order chi connectivity index (χ0) is 13.9. The molecule has 0 aromatic rings. The molecule has 2 N–H and O–H groups in total. The van der Waals surface area contributed by atoms with Crippen LogP contribution in [0, 0.1) is 11.3 Å². The molecule has 2 rings (SSSR count). The van der Waals surface area contributed by atoms with Gasteiger partial charge < -0.3 is 10.4 Å². The van der Waals surface area contributed by atoms with Crippen molar-refractivity contribution in [3.63, 3.8) is 0 Å². The first-order valence-electron chi connectivity index (χ1n) is 8.41. The van der Waals surface area contributed by atoms with Gasteiger partial charge in [-0.3, -0.25) is 0 Å². The van der Waals surface area contributed by atoms with Gasteiger partial charge in [-0.05, 0) is 49.9 Å². The summed E-state index contributed by atoms with van der Waals surface area (Å²) in [4.78, 5) is 0. The van der Waals surface area contributed by atoms with E-state index in [4.69, 9.17) is 0 Å². The Kier molecular flexibility index (Phi) is 5.30. The number of nitrogens with one attached hydrogen (secondary N) is 1. The molecule has 0 saturated heterocycles. The van der Waals surface area contributed by atoms with E-state index in [1.54, 1.807) is 0 Å². The fourth-order valence-corrected chi connectivity index (χ4v) is 3.94. The molecule has 0 bridgehead atoms.